The van der Waals surface area contributed by atoms with Crippen LogP contribution in [0.3, 0.4) is 0 Å². The van der Waals surface area contributed by atoms with Gasteiger partial charge >= 0.3 is 12.4 Å². The molecule has 2 aromatic carbocycles. The summed E-state index contributed by atoms with van der Waals surface area (Å²) in [5, 5.41) is 6.46. The molecule has 9 heteroatoms. The highest BCUT2D eigenvalue weighted by Crippen LogP contribution is 2.46. The van der Waals surface area contributed by atoms with Crippen molar-refractivity contribution >= 4 is 17.4 Å². The molecule has 0 bridgehead atoms. The number of alkyl halides is 6. The van der Waals surface area contributed by atoms with Gasteiger partial charge in [-0.25, -0.2) is 0 Å². The number of rotatable bonds is 4. The molecule has 2 nitrogen and oxygen atoms in total. The average molecular weight is 406 g/mol. The number of nitrogens with one attached hydrogen (secondary N) is 2. The molecule has 0 radical (unpaired) electrons. The van der Waals surface area contributed by atoms with Crippen LogP contribution in [0, 0.1) is 0 Å². The molecule has 1 fully saturated rings. The van der Waals surface area contributed by atoms with Crippen LogP contribution in [-0.2, 0) is 12.4 Å². The van der Waals surface area contributed by atoms with Gasteiger partial charge in [-0.1, -0.05) is 23.9 Å². The first-order valence-corrected chi connectivity index (χ1v) is 8.99. The topological polar surface area (TPSA) is 24.1 Å². The molecule has 27 heavy (non-hydrogen) atoms. The van der Waals surface area contributed by atoms with Crippen LogP contribution in [0.2, 0.25) is 0 Å². The monoisotopic (exact) mass is 406 g/mol. The quantitative estimate of drug-likeness (QED) is 0.642. The van der Waals surface area contributed by atoms with Gasteiger partial charge in [-0.3, -0.25) is 0 Å². The van der Waals surface area contributed by atoms with E-state index in [1.54, 1.807) is 24.3 Å². The van der Waals surface area contributed by atoms with Crippen molar-refractivity contribution in [2.45, 2.75) is 34.6 Å². The molecule has 1 unspecified atom stereocenters. The van der Waals surface area contributed by atoms with Crippen molar-refractivity contribution in [3.05, 3.63) is 53.6 Å². The Morgan fingerprint density at radius 2 is 1.70 bits per heavy atom. The van der Waals surface area contributed by atoms with Gasteiger partial charge < -0.3 is 10.6 Å². The normalized spacial score (nSPS) is 17.9. The third kappa shape index (κ3) is 4.90. The summed E-state index contributed by atoms with van der Waals surface area (Å²) in [4.78, 5) is -0.0483. The summed E-state index contributed by atoms with van der Waals surface area (Å²) in [6.07, 6.45) is -9.27. The minimum Gasteiger partial charge on any atom is -0.381 e. The molecule has 0 spiro atoms. The van der Waals surface area contributed by atoms with E-state index in [2.05, 4.69) is 10.6 Å². The summed E-state index contributed by atoms with van der Waals surface area (Å²) in [6, 6.07) is 9.37. The van der Waals surface area contributed by atoms with E-state index < -0.39 is 28.4 Å². The molecule has 1 saturated heterocycles. The SMILES string of the molecule is FC(F)(F)c1cccc(Sc2cccc(NC3CCNC3)c2)c1C(F)(F)F. The lowest BCUT2D eigenvalue weighted by Gasteiger charge is -2.19. The van der Waals surface area contributed by atoms with Crippen LogP contribution in [0.5, 0.6) is 0 Å². The molecule has 1 aliphatic heterocycles. The highest BCUT2D eigenvalue weighted by atomic mass is 32.2. The van der Waals surface area contributed by atoms with Crippen LogP contribution in [0.4, 0.5) is 32.0 Å². The lowest BCUT2D eigenvalue weighted by molar-refractivity contribution is -0.163. The van der Waals surface area contributed by atoms with Gasteiger partial charge in [0, 0.05) is 28.1 Å². The van der Waals surface area contributed by atoms with E-state index >= 15 is 0 Å². The maximum absolute atomic E-state index is 13.4. The van der Waals surface area contributed by atoms with Crippen molar-refractivity contribution in [2.24, 2.45) is 0 Å². The van der Waals surface area contributed by atoms with E-state index in [0.29, 0.717) is 28.4 Å². The fourth-order valence-corrected chi connectivity index (χ4v) is 4.00. The van der Waals surface area contributed by atoms with Crippen LogP contribution in [0.15, 0.2) is 52.3 Å². The van der Waals surface area contributed by atoms with E-state index in [1.165, 1.54) is 0 Å². The number of benzene rings is 2. The van der Waals surface area contributed by atoms with Crippen molar-refractivity contribution in [1.82, 2.24) is 5.32 Å². The molecule has 146 valence electrons. The molecule has 2 aromatic rings. The zero-order valence-corrected chi connectivity index (χ0v) is 14.7. The summed E-state index contributed by atoms with van der Waals surface area (Å²) < 4.78 is 79.3. The third-order valence-electron chi connectivity index (χ3n) is 4.11. The molecule has 0 aromatic heterocycles. The first kappa shape index (κ1) is 19.9. The number of hydrogen-bond acceptors (Lipinski definition) is 3. The maximum atomic E-state index is 13.4. The number of halogens is 6. The van der Waals surface area contributed by atoms with Crippen LogP contribution in [0.25, 0.3) is 0 Å². The van der Waals surface area contributed by atoms with Gasteiger partial charge in [0.1, 0.15) is 0 Å². The minimum absolute atomic E-state index is 0.213. The zero-order chi connectivity index (χ0) is 19.7. The van der Waals surface area contributed by atoms with Crippen LogP contribution in [0.1, 0.15) is 17.5 Å². The summed E-state index contributed by atoms with van der Waals surface area (Å²) in [5.74, 6) is 0. The largest absolute Gasteiger partial charge is 0.418 e. The lowest BCUT2D eigenvalue weighted by atomic mass is 10.1. The Kier molecular flexibility index (Phi) is 5.62. The number of hydrogen-bond donors (Lipinski definition) is 2. The molecule has 1 aliphatic rings. The fourth-order valence-electron chi connectivity index (χ4n) is 2.93. The van der Waals surface area contributed by atoms with Crippen molar-refractivity contribution in [1.29, 1.82) is 0 Å². The van der Waals surface area contributed by atoms with Crippen LogP contribution < -0.4 is 10.6 Å². The highest BCUT2D eigenvalue weighted by Gasteiger charge is 2.44. The van der Waals surface area contributed by atoms with Crippen LogP contribution >= 0.6 is 11.8 Å². The molecule has 0 amide bonds. The predicted octanol–water partition coefficient (Wildman–Crippen LogP) is 5.65. The molecule has 0 saturated carbocycles. The zero-order valence-electron chi connectivity index (χ0n) is 13.9. The van der Waals surface area contributed by atoms with Crippen molar-refractivity contribution in [2.75, 3.05) is 18.4 Å². The van der Waals surface area contributed by atoms with E-state index in [-0.39, 0.29) is 6.04 Å². The predicted molar refractivity (Wildman–Crippen MR) is 91.9 cm³/mol. The molecule has 2 N–H and O–H groups in total. The average Bonchev–Trinajstić information content (AvgIpc) is 3.06. The van der Waals surface area contributed by atoms with Gasteiger partial charge in [-0.05, 0) is 43.3 Å². The Hall–Kier alpha value is -1.87. The molecule has 3 rings (SSSR count). The maximum Gasteiger partial charge on any atom is 0.418 e. The fraction of sp³-hybridized carbons (Fsp3) is 0.333. The van der Waals surface area contributed by atoms with Gasteiger partial charge in [-0.15, -0.1) is 0 Å². The summed E-state index contributed by atoms with van der Waals surface area (Å²) in [5.41, 5.74) is -2.61. The molecule has 1 heterocycles. The Morgan fingerprint density at radius 3 is 2.33 bits per heavy atom. The first-order valence-electron chi connectivity index (χ1n) is 8.17. The molecular weight excluding hydrogens is 390 g/mol. The Balaban J connectivity index is 1.91. The van der Waals surface area contributed by atoms with Gasteiger partial charge in [0.25, 0.3) is 0 Å². The minimum atomic E-state index is -5.11. The van der Waals surface area contributed by atoms with E-state index in [0.717, 1.165) is 31.6 Å². The second-order valence-corrected chi connectivity index (χ2v) is 7.25. The highest BCUT2D eigenvalue weighted by molar-refractivity contribution is 7.99. The van der Waals surface area contributed by atoms with Crippen LogP contribution in [-0.4, -0.2) is 19.1 Å². The van der Waals surface area contributed by atoms with Crippen molar-refractivity contribution in [3.63, 3.8) is 0 Å². The summed E-state index contributed by atoms with van der Waals surface area (Å²) >= 11 is 0.668. The van der Waals surface area contributed by atoms with Gasteiger partial charge in [0.05, 0.1) is 11.1 Å². The van der Waals surface area contributed by atoms with Gasteiger partial charge in [0.2, 0.25) is 0 Å². The second-order valence-electron chi connectivity index (χ2n) is 6.14. The summed E-state index contributed by atoms with van der Waals surface area (Å²) in [6.45, 7) is 1.66. The smallest absolute Gasteiger partial charge is 0.381 e. The lowest BCUT2D eigenvalue weighted by Crippen LogP contribution is -2.21. The number of anilines is 1. The standard InChI is InChI=1S/C18H16F6N2S/c19-17(20,21)14-5-2-6-15(16(14)18(22,23)24)27-13-4-1-3-11(9-13)26-12-7-8-25-10-12/h1-6,9,12,25-26H,7-8,10H2. The van der Waals surface area contributed by atoms with Gasteiger partial charge in [-0.2, -0.15) is 26.3 Å². The molecule has 0 aliphatic carbocycles. The Morgan fingerprint density at radius 1 is 0.963 bits per heavy atom. The second kappa shape index (κ2) is 7.63. The molecular formula is C18H16F6N2S. The van der Waals surface area contributed by atoms with E-state index in [9.17, 15) is 26.3 Å². The first-order chi connectivity index (χ1) is 12.6. The molecule has 1 atom stereocenters. The van der Waals surface area contributed by atoms with Crippen molar-refractivity contribution < 1.29 is 26.3 Å². The van der Waals surface area contributed by atoms with E-state index in [4.69, 9.17) is 0 Å². The van der Waals surface area contributed by atoms with Gasteiger partial charge in [0.15, 0.2) is 0 Å². The van der Waals surface area contributed by atoms with Crippen molar-refractivity contribution in [3.8, 4) is 0 Å². The Labute approximate surface area is 156 Å². The Bertz CT molecular complexity index is 797. The summed E-state index contributed by atoms with van der Waals surface area (Å²) in [7, 11) is 0. The third-order valence-corrected chi connectivity index (χ3v) is 5.16. The van der Waals surface area contributed by atoms with E-state index in [1.807, 2.05) is 0 Å².